The van der Waals surface area contributed by atoms with Gasteiger partial charge in [0.05, 0.1) is 5.69 Å². The van der Waals surface area contributed by atoms with Gasteiger partial charge in [0.25, 0.3) is 0 Å². The van der Waals surface area contributed by atoms with Crippen LogP contribution in [0.1, 0.15) is 25.7 Å². The van der Waals surface area contributed by atoms with Crippen LogP contribution < -0.4 is 15.7 Å². The number of nitrogens with zero attached hydrogens (tertiary/aromatic N) is 1. The quantitative estimate of drug-likeness (QED) is 0.154. The zero-order chi connectivity index (χ0) is 23.4. The van der Waals surface area contributed by atoms with Gasteiger partial charge in [-0.1, -0.05) is 6.42 Å². The van der Waals surface area contributed by atoms with Gasteiger partial charge >= 0.3 is 11.6 Å². The van der Waals surface area contributed by atoms with Crippen LogP contribution in [0.2, 0.25) is 0 Å². The number of anilines is 2. The fraction of sp³-hybridized carbons (Fsp3) is 0.227. The third-order valence-corrected chi connectivity index (χ3v) is 5.41. The number of rotatable bonds is 10. The Morgan fingerprint density at radius 2 is 1.79 bits per heavy atom. The third-order valence-electron chi connectivity index (χ3n) is 4.97. The van der Waals surface area contributed by atoms with E-state index in [9.17, 15) is 18.0 Å². The minimum Gasteiger partial charge on any atom is -0.481 e. The van der Waals surface area contributed by atoms with Crippen molar-refractivity contribution >= 4 is 50.3 Å². The summed E-state index contributed by atoms with van der Waals surface area (Å²) in [5.74, 6) is -0.711. The number of carboxylic acids is 1. The Morgan fingerprint density at radius 1 is 0.970 bits per heavy atom. The number of nitrogens with one attached hydrogen (secondary N) is 2. The van der Waals surface area contributed by atoms with Gasteiger partial charge in [0.1, 0.15) is 16.7 Å². The smallest absolute Gasteiger partial charge is 0.349 e. The summed E-state index contributed by atoms with van der Waals surface area (Å²) < 4.78 is 35.1. The first-order valence-electron chi connectivity index (χ1n) is 10.2. The molecule has 0 atom stereocenters. The Labute approximate surface area is 189 Å². The molecule has 10 nitrogen and oxygen atoms in total. The van der Waals surface area contributed by atoms with Crippen molar-refractivity contribution in [1.29, 1.82) is 0 Å². The molecule has 0 amide bonds. The molecule has 0 spiro atoms. The Morgan fingerprint density at radius 3 is 2.58 bits per heavy atom. The Hall–Kier alpha value is -3.86. The number of oxazole rings is 1. The molecule has 0 aliphatic carbocycles. The number of benzene rings is 2. The van der Waals surface area contributed by atoms with Gasteiger partial charge in [-0.2, -0.15) is 0 Å². The first kappa shape index (κ1) is 22.3. The minimum absolute atomic E-state index is 0.0767. The molecule has 0 unspecified atom stereocenters. The number of fused-ring (bicyclic) bond motifs is 2. The van der Waals surface area contributed by atoms with E-state index in [0.717, 1.165) is 18.5 Å². The van der Waals surface area contributed by atoms with Crippen molar-refractivity contribution in [3.05, 3.63) is 52.9 Å². The maximum atomic E-state index is 12.6. The molecule has 0 fully saturated rings. The summed E-state index contributed by atoms with van der Waals surface area (Å²) >= 11 is 0. The number of hydrogen-bond donors (Lipinski definition) is 4. The van der Waals surface area contributed by atoms with E-state index >= 15 is 0 Å². The van der Waals surface area contributed by atoms with Crippen LogP contribution in [0, 0.1) is 0 Å². The molecule has 172 valence electrons. The molecule has 0 saturated carbocycles. The van der Waals surface area contributed by atoms with Gasteiger partial charge in [-0.25, -0.2) is 18.2 Å². The summed E-state index contributed by atoms with van der Waals surface area (Å²) in [5.41, 5.74) is 1.87. The van der Waals surface area contributed by atoms with Gasteiger partial charge in [0, 0.05) is 30.1 Å². The third kappa shape index (κ3) is 5.50. The lowest BCUT2D eigenvalue weighted by molar-refractivity contribution is -0.137. The lowest BCUT2D eigenvalue weighted by Gasteiger charge is -2.07. The Kier molecular flexibility index (Phi) is 6.59. The summed E-state index contributed by atoms with van der Waals surface area (Å²) in [4.78, 5) is 27.4. The summed E-state index contributed by atoms with van der Waals surface area (Å²) in [5, 5.41) is 12.6. The van der Waals surface area contributed by atoms with Crippen LogP contribution in [0.5, 0.6) is 0 Å². The van der Waals surface area contributed by atoms with Crippen LogP contribution in [-0.2, 0) is 15.7 Å². The number of carbonyl (C=O) groups is 1. The second-order valence-corrected chi connectivity index (χ2v) is 8.14. The summed E-state index contributed by atoms with van der Waals surface area (Å²) in [6.45, 7) is 0.674. The van der Waals surface area contributed by atoms with Gasteiger partial charge in [-0.3, -0.25) is 9.52 Å². The van der Waals surface area contributed by atoms with Crippen molar-refractivity contribution in [3.8, 4) is 11.5 Å². The normalized spacial score (nSPS) is 11.3. The molecular formula is C22H21N3O7S. The van der Waals surface area contributed by atoms with Gasteiger partial charge in [-0.05, 0) is 49.2 Å². The van der Waals surface area contributed by atoms with Crippen molar-refractivity contribution in [2.75, 3.05) is 16.6 Å². The first-order valence-corrected chi connectivity index (χ1v) is 11.4. The maximum Gasteiger partial charge on any atom is 0.349 e. The molecule has 3 N–H and O–H groups in total. The van der Waals surface area contributed by atoms with Crippen molar-refractivity contribution in [2.45, 2.75) is 25.7 Å². The second kappa shape index (κ2) is 9.74. The largest absolute Gasteiger partial charge is 0.481 e. The Bertz CT molecular complexity index is 1450. The predicted molar refractivity (Wildman–Crippen MR) is 124 cm³/mol. The van der Waals surface area contributed by atoms with E-state index in [2.05, 4.69) is 15.0 Å². The number of carboxylic acid groups (broad SMARTS) is 1. The molecule has 0 aliphatic rings. The highest BCUT2D eigenvalue weighted by atomic mass is 32.2. The highest BCUT2D eigenvalue weighted by Crippen LogP contribution is 2.27. The van der Waals surface area contributed by atoms with Gasteiger partial charge in [0.15, 0.2) is 5.58 Å². The van der Waals surface area contributed by atoms with Crippen molar-refractivity contribution in [2.24, 2.45) is 0 Å². The van der Waals surface area contributed by atoms with Crippen LogP contribution >= 0.6 is 0 Å². The van der Waals surface area contributed by atoms with Crippen molar-refractivity contribution < 1.29 is 27.2 Å². The average molecular weight is 471 g/mol. The van der Waals surface area contributed by atoms with Crippen LogP contribution in [0.25, 0.3) is 33.5 Å². The van der Waals surface area contributed by atoms with Crippen LogP contribution in [0.4, 0.5) is 11.4 Å². The molecular weight excluding hydrogens is 450 g/mol. The van der Waals surface area contributed by atoms with E-state index in [1.54, 1.807) is 18.2 Å². The summed E-state index contributed by atoms with van der Waals surface area (Å²) in [6, 6.07) is 11.6. The number of hydrogen-bond acceptors (Lipinski definition) is 8. The Balaban J connectivity index is 1.51. The lowest BCUT2D eigenvalue weighted by atomic mass is 10.1. The summed E-state index contributed by atoms with van der Waals surface area (Å²) in [6.07, 6.45) is 2.44. The van der Waals surface area contributed by atoms with Gasteiger partial charge < -0.3 is 19.3 Å². The number of aromatic nitrogens is 1. The van der Waals surface area contributed by atoms with Crippen LogP contribution in [0.3, 0.4) is 0 Å². The molecule has 2 aromatic heterocycles. The number of unbranched alkanes of at least 4 members (excludes halogenated alkanes) is 2. The zero-order valence-electron chi connectivity index (χ0n) is 17.4. The lowest BCUT2D eigenvalue weighted by Crippen LogP contribution is -2.04. The second-order valence-electron chi connectivity index (χ2n) is 7.40. The SMILES string of the molecule is O=C(O)CCCCCNc1ccc2cc(-c3nc4cc(N[SH](=O)=O)ccc4o3)c(=O)oc2c1. The van der Waals surface area contributed by atoms with Crippen molar-refractivity contribution in [1.82, 2.24) is 4.98 Å². The highest BCUT2D eigenvalue weighted by Gasteiger charge is 2.15. The zero-order valence-corrected chi connectivity index (χ0v) is 18.3. The maximum absolute atomic E-state index is 12.6. The molecule has 2 aromatic carbocycles. The van der Waals surface area contributed by atoms with E-state index in [0.29, 0.717) is 40.7 Å². The highest BCUT2D eigenvalue weighted by molar-refractivity contribution is 7.73. The average Bonchev–Trinajstić information content (AvgIpc) is 3.18. The number of aliphatic carboxylic acids is 1. The molecule has 4 aromatic rings. The number of thiol groups is 1. The fourth-order valence-electron chi connectivity index (χ4n) is 3.40. The summed E-state index contributed by atoms with van der Waals surface area (Å²) in [7, 11) is -2.81. The van der Waals surface area contributed by atoms with E-state index in [1.807, 2.05) is 12.1 Å². The monoisotopic (exact) mass is 471 g/mol. The van der Waals surface area contributed by atoms with Gasteiger partial charge in [0.2, 0.25) is 16.8 Å². The predicted octanol–water partition coefficient (Wildman–Crippen LogP) is 3.60. The standard InChI is InChI=1S/C22H21N3O7S/c26-20(27)4-2-1-3-9-23-14-6-5-13-10-16(22(28)32-19(13)12-14)21-24-17-11-15(25-33(29)30)7-8-18(17)31-21/h5-8,10-12,23,33H,1-4,9H2,(H,26,27)(H,25,29,30). The van der Waals surface area contributed by atoms with Crippen LogP contribution in [0.15, 0.2) is 56.1 Å². The molecule has 0 radical (unpaired) electrons. The topological polar surface area (TPSA) is 152 Å². The minimum atomic E-state index is -2.81. The molecule has 4 rings (SSSR count). The molecule has 0 saturated heterocycles. The molecule has 33 heavy (non-hydrogen) atoms. The van der Waals surface area contributed by atoms with E-state index < -0.39 is 22.5 Å². The first-order chi connectivity index (χ1) is 15.9. The van der Waals surface area contributed by atoms with E-state index in [1.165, 1.54) is 12.1 Å². The van der Waals surface area contributed by atoms with Gasteiger partial charge in [-0.15, -0.1) is 0 Å². The van der Waals surface area contributed by atoms with E-state index in [4.69, 9.17) is 13.9 Å². The fourth-order valence-corrected chi connectivity index (χ4v) is 3.75. The molecule has 0 bridgehead atoms. The molecule has 0 aliphatic heterocycles. The molecule has 2 heterocycles. The molecule has 11 heteroatoms. The van der Waals surface area contributed by atoms with Crippen LogP contribution in [-0.4, -0.2) is 31.0 Å². The van der Waals surface area contributed by atoms with E-state index in [-0.39, 0.29) is 17.9 Å². The van der Waals surface area contributed by atoms with Crippen molar-refractivity contribution in [3.63, 3.8) is 0 Å².